The Bertz CT molecular complexity index is 806. The number of amides is 2. The summed E-state index contributed by atoms with van der Waals surface area (Å²) in [5, 5.41) is 2.79. The van der Waals surface area contributed by atoms with E-state index in [0.29, 0.717) is 18.1 Å². The summed E-state index contributed by atoms with van der Waals surface area (Å²) < 4.78 is 5.71. The summed E-state index contributed by atoms with van der Waals surface area (Å²) in [5.41, 5.74) is 0.456. The molecule has 1 atom stereocenters. The fourth-order valence-corrected chi connectivity index (χ4v) is 2.71. The van der Waals surface area contributed by atoms with Crippen LogP contribution in [0.2, 0.25) is 0 Å². The number of nitrogens with one attached hydrogen (secondary N) is 1. The van der Waals surface area contributed by atoms with Gasteiger partial charge >= 0.3 is 0 Å². The number of carbonyl (C=O) groups excluding carboxylic acids is 2. The van der Waals surface area contributed by atoms with Gasteiger partial charge in [-0.05, 0) is 31.5 Å². The smallest absolute Gasteiger partial charge is 0.281 e. The van der Waals surface area contributed by atoms with Gasteiger partial charge in [0.05, 0.1) is 0 Å². The third-order valence-corrected chi connectivity index (χ3v) is 4.06. The van der Waals surface area contributed by atoms with E-state index in [1.54, 1.807) is 25.4 Å². The van der Waals surface area contributed by atoms with Crippen molar-refractivity contribution < 1.29 is 14.3 Å². The maximum Gasteiger partial charge on any atom is 0.281 e. The van der Waals surface area contributed by atoms with E-state index in [1.807, 2.05) is 31.2 Å². The molecule has 6 nitrogen and oxygen atoms in total. The van der Waals surface area contributed by atoms with Crippen molar-refractivity contribution in [3.63, 3.8) is 0 Å². The van der Waals surface area contributed by atoms with Gasteiger partial charge < -0.3 is 10.1 Å². The standard InChI is InChI=1S/C18H19N3O3/c1-12-6-4-7-13(10-12)11-20-16(22)18(2)17(23)21(3)15-14(24-18)8-5-9-19-15/h4-10H,11H2,1-3H3,(H,20,22)/t18-/m0/s1. The minimum Gasteiger partial charge on any atom is -0.464 e. The van der Waals surface area contributed by atoms with Crippen LogP contribution < -0.4 is 15.0 Å². The summed E-state index contributed by atoms with van der Waals surface area (Å²) in [7, 11) is 1.59. The number of hydrogen-bond donors (Lipinski definition) is 1. The van der Waals surface area contributed by atoms with Crippen LogP contribution in [0, 0.1) is 6.92 Å². The SMILES string of the molecule is Cc1cccc(CNC(=O)[C@]2(C)Oc3cccnc3N(C)C2=O)c1. The van der Waals surface area contributed by atoms with Gasteiger partial charge in [-0.1, -0.05) is 29.8 Å². The summed E-state index contributed by atoms with van der Waals surface area (Å²) in [6.07, 6.45) is 1.58. The van der Waals surface area contributed by atoms with Gasteiger partial charge in [-0.15, -0.1) is 0 Å². The first-order valence-corrected chi connectivity index (χ1v) is 7.68. The number of carbonyl (C=O) groups is 2. The third kappa shape index (κ3) is 2.71. The second-order valence-corrected chi connectivity index (χ2v) is 6.00. The number of rotatable bonds is 3. The van der Waals surface area contributed by atoms with E-state index in [9.17, 15) is 9.59 Å². The highest BCUT2D eigenvalue weighted by Gasteiger charge is 2.50. The van der Waals surface area contributed by atoms with Crippen molar-refractivity contribution in [2.75, 3.05) is 11.9 Å². The van der Waals surface area contributed by atoms with Crippen LogP contribution in [0.4, 0.5) is 5.82 Å². The van der Waals surface area contributed by atoms with Gasteiger partial charge in [0.25, 0.3) is 17.4 Å². The second kappa shape index (κ2) is 5.96. The number of aromatic nitrogens is 1. The summed E-state index contributed by atoms with van der Waals surface area (Å²) >= 11 is 0. The van der Waals surface area contributed by atoms with Crippen LogP contribution in [0.3, 0.4) is 0 Å². The fourth-order valence-electron chi connectivity index (χ4n) is 2.71. The highest BCUT2D eigenvalue weighted by atomic mass is 16.5. The Hall–Kier alpha value is -2.89. The zero-order valence-corrected chi connectivity index (χ0v) is 13.9. The lowest BCUT2D eigenvalue weighted by Gasteiger charge is -2.36. The number of pyridine rings is 1. The van der Waals surface area contributed by atoms with E-state index in [2.05, 4.69) is 10.3 Å². The number of ether oxygens (including phenoxy) is 1. The highest BCUT2D eigenvalue weighted by molar-refractivity contribution is 6.15. The van der Waals surface area contributed by atoms with Crippen LogP contribution >= 0.6 is 0 Å². The number of fused-ring (bicyclic) bond motifs is 1. The lowest BCUT2D eigenvalue weighted by atomic mass is 10.0. The molecular formula is C18H19N3O3. The zero-order valence-electron chi connectivity index (χ0n) is 13.9. The van der Waals surface area contributed by atoms with Gasteiger partial charge in [0.15, 0.2) is 11.6 Å². The predicted octanol–water partition coefficient (Wildman–Crippen LogP) is 1.82. The van der Waals surface area contributed by atoms with Crippen molar-refractivity contribution in [2.45, 2.75) is 26.0 Å². The Kier molecular flexibility index (Phi) is 3.97. The number of aryl methyl sites for hydroxylation is 1. The summed E-state index contributed by atoms with van der Waals surface area (Å²) in [6.45, 7) is 3.79. The average molecular weight is 325 g/mol. The lowest BCUT2D eigenvalue weighted by molar-refractivity contribution is -0.148. The minimum absolute atomic E-state index is 0.330. The predicted molar refractivity (Wildman–Crippen MR) is 89.7 cm³/mol. The van der Waals surface area contributed by atoms with Crippen LogP contribution in [-0.4, -0.2) is 29.4 Å². The largest absolute Gasteiger partial charge is 0.464 e. The van der Waals surface area contributed by atoms with Crippen molar-refractivity contribution >= 4 is 17.6 Å². The Morgan fingerprint density at radius 1 is 1.33 bits per heavy atom. The fraction of sp³-hybridized carbons (Fsp3) is 0.278. The van der Waals surface area contributed by atoms with Crippen LogP contribution in [0.5, 0.6) is 5.75 Å². The number of hydrogen-bond acceptors (Lipinski definition) is 4. The molecule has 0 saturated heterocycles. The lowest BCUT2D eigenvalue weighted by Crippen LogP contribution is -2.61. The zero-order chi connectivity index (χ0) is 17.3. The quantitative estimate of drug-likeness (QED) is 0.874. The van der Waals surface area contributed by atoms with Crippen molar-refractivity contribution in [1.82, 2.24) is 10.3 Å². The first-order valence-electron chi connectivity index (χ1n) is 7.68. The van der Waals surface area contributed by atoms with Crippen LogP contribution in [-0.2, 0) is 16.1 Å². The van der Waals surface area contributed by atoms with Crippen molar-refractivity contribution in [2.24, 2.45) is 0 Å². The van der Waals surface area contributed by atoms with E-state index in [-0.39, 0.29) is 0 Å². The molecule has 1 N–H and O–H groups in total. The molecule has 2 aromatic rings. The molecule has 0 bridgehead atoms. The molecule has 1 aromatic carbocycles. The summed E-state index contributed by atoms with van der Waals surface area (Å²) in [6, 6.07) is 11.2. The van der Waals surface area contributed by atoms with E-state index >= 15 is 0 Å². The molecule has 0 spiro atoms. The first-order chi connectivity index (χ1) is 11.4. The second-order valence-electron chi connectivity index (χ2n) is 6.00. The first kappa shape index (κ1) is 16.0. The molecule has 124 valence electrons. The van der Waals surface area contributed by atoms with E-state index in [4.69, 9.17) is 4.74 Å². The molecule has 1 aliphatic rings. The minimum atomic E-state index is -1.62. The normalized spacial score (nSPS) is 19.5. The van der Waals surface area contributed by atoms with Gasteiger partial charge in [0.2, 0.25) is 0 Å². The van der Waals surface area contributed by atoms with E-state index in [1.165, 1.54) is 11.8 Å². The Balaban J connectivity index is 1.80. The molecule has 0 unspecified atom stereocenters. The molecule has 1 aliphatic heterocycles. The molecule has 1 aromatic heterocycles. The Morgan fingerprint density at radius 3 is 2.88 bits per heavy atom. The molecule has 0 saturated carbocycles. The molecule has 3 rings (SSSR count). The Morgan fingerprint density at radius 2 is 2.12 bits per heavy atom. The molecule has 0 aliphatic carbocycles. The summed E-state index contributed by atoms with van der Waals surface area (Å²) in [4.78, 5) is 30.7. The number of likely N-dealkylation sites (N-methyl/N-ethyl adjacent to an activating group) is 1. The monoisotopic (exact) mass is 325 g/mol. The molecule has 2 heterocycles. The molecular weight excluding hydrogens is 306 g/mol. The molecule has 0 fully saturated rings. The van der Waals surface area contributed by atoms with Crippen LogP contribution in [0.1, 0.15) is 18.1 Å². The van der Waals surface area contributed by atoms with Crippen molar-refractivity contribution in [1.29, 1.82) is 0 Å². The number of anilines is 1. The summed E-state index contributed by atoms with van der Waals surface area (Å²) in [5.74, 6) is -0.106. The van der Waals surface area contributed by atoms with Crippen LogP contribution in [0.15, 0.2) is 42.6 Å². The number of nitrogens with zero attached hydrogens (tertiary/aromatic N) is 2. The molecule has 6 heteroatoms. The maximum atomic E-state index is 12.6. The molecule has 0 radical (unpaired) electrons. The van der Waals surface area contributed by atoms with Crippen molar-refractivity contribution in [3.05, 3.63) is 53.7 Å². The maximum absolute atomic E-state index is 12.6. The van der Waals surface area contributed by atoms with Gasteiger partial charge in [0.1, 0.15) is 0 Å². The van der Waals surface area contributed by atoms with Gasteiger partial charge in [0, 0.05) is 19.8 Å². The third-order valence-electron chi connectivity index (χ3n) is 4.06. The van der Waals surface area contributed by atoms with Gasteiger partial charge in [-0.2, -0.15) is 0 Å². The Labute approximate surface area is 140 Å². The van der Waals surface area contributed by atoms with Crippen molar-refractivity contribution in [3.8, 4) is 5.75 Å². The van der Waals surface area contributed by atoms with Gasteiger partial charge in [-0.3, -0.25) is 14.5 Å². The number of benzene rings is 1. The average Bonchev–Trinajstić information content (AvgIpc) is 2.58. The topological polar surface area (TPSA) is 71.5 Å². The highest BCUT2D eigenvalue weighted by Crippen LogP contribution is 2.34. The van der Waals surface area contributed by atoms with E-state index < -0.39 is 17.4 Å². The molecule has 2 amide bonds. The van der Waals surface area contributed by atoms with Crippen LogP contribution in [0.25, 0.3) is 0 Å². The molecule has 24 heavy (non-hydrogen) atoms. The van der Waals surface area contributed by atoms with Gasteiger partial charge in [-0.25, -0.2) is 4.98 Å². The van der Waals surface area contributed by atoms with E-state index in [0.717, 1.165) is 11.1 Å².